The van der Waals surface area contributed by atoms with Gasteiger partial charge in [0.05, 0.1) is 6.10 Å². The quantitative estimate of drug-likeness (QED) is 0.785. The standard InChI is InChI=1S/C17H34N2O2/c1-13-9-7-8-10-15(13)21-11-16(20)18-14(2)17(3,4)12-19(5)6/h13-15H,7-12H2,1-6H3,(H,18,20)/t13-,14+,15-/m1/s1. The Labute approximate surface area is 130 Å². The molecule has 4 heteroatoms. The summed E-state index contributed by atoms with van der Waals surface area (Å²) in [6, 6.07) is 0.125. The van der Waals surface area contributed by atoms with Gasteiger partial charge in [-0.15, -0.1) is 0 Å². The van der Waals surface area contributed by atoms with Crippen molar-refractivity contribution in [1.29, 1.82) is 0 Å². The van der Waals surface area contributed by atoms with E-state index in [-0.39, 0.29) is 30.1 Å². The van der Waals surface area contributed by atoms with Crippen LogP contribution in [0.2, 0.25) is 0 Å². The van der Waals surface area contributed by atoms with Crippen LogP contribution < -0.4 is 5.32 Å². The van der Waals surface area contributed by atoms with E-state index in [9.17, 15) is 4.79 Å². The van der Waals surface area contributed by atoms with Gasteiger partial charge in [-0.3, -0.25) is 4.79 Å². The van der Waals surface area contributed by atoms with Crippen LogP contribution in [0.1, 0.15) is 53.4 Å². The Balaban J connectivity index is 2.35. The summed E-state index contributed by atoms with van der Waals surface area (Å²) in [5, 5.41) is 3.09. The van der Waals surface area contributed by atoms with Gasteiger partial charge < -0.3 is 15.0 Å². The number of hydrogen-bond donors (Lipinski definition) is 1. The fourth-order valence-corrected chi connectivity index (χ4v) is 3.14. The molecule has 124 valence electrons. The average Bonchev–Trinajstić information content (AvgIpc) is 2.36. The van der Waals surface area contributed by atoms with Gasteiger partial charge in [-0.1, -0.05) is 33.6 Å². The summed E-state index contributed by atoms with van der Waals surface area (Å²) in [4.78, 5) is 14.2. The van der Waals surface area contributed by atoms with Crippen molar-refractivity contribution in [2.45, 2.75) is 65.5 Å². The molecular weight excluding hydrogens is 264 g/mol. The molecule has 0 aromatic rings. The first-order valence-electron chi connectivity index (χ1n) is 8.28. The maximum Gasteiger partial charge on any atom is 0.246 e. The Morgan fingerprint density at radius 2 is 1.95 bits per heavy atom. The highest BCUT2D eigenvalue weighted by atomic mass is 16.5. The highest BCUT2D eigenvalue weighted by molar-refractivity contribution is 5.77. The van der Waals surface area contributed by atoms with Crippen molar-refractivity contribution < 1.29 is 9.53 Å². The predicted molar refractivity (Wildman–Crippen MR) is 87.3 cm³/mol. The Bertz CT molecular complexity index is 329. The lowest BCUT2D eigenvalue weighted by Gasteiger charge is -2.35. The number of nitrogens with one attached hydrogen (secondary N) is 1. The van der Waals surface area contributed by atoms with Gasteiger partial charge in [0.15, 0.2) is 0 Å². The van der Waals surface area contributed by atoms with Crippen LogP contribution in [-0.2, 0) is 9.53 Å². The molecule has 1 aliphatic carbocycles. The first-order valence-corrected chi connectivity index (χ1v) is 8.28. The number of carbonyl (C=O) groups excluding carboxylic acids is 1. The van der Waals surface area contributed by atoms with Crippen LogP contribution in [0, 0.1) is 11.3 Å². The van der Waals surface area contributed by atoms with E-state index >= 15 is 0 Å². The van der Waals surface area contributed by atoms with Crippen LogP contribution in [0.15, 0.2) is 0 Å². The molecule has 0 heterocycles. The van der Waals surface area contributed by atoms with Crippen LogP contribution in [0.5, 0.6) is 0 Å². The molecule has 0 aliphatic heterocycles. The number of rotatable bonds is 7. The molecule has 4 nitrogen and oxygen atoms in total. The molecule has 0 aromatic heterocycles. The second-order valence-corrected chi connectivity index (χ2v) is 7.63. The van der Waals surface area contributed by atoms with Gasteiger partial charge in [0, 0.05) is 12.6 Å². The van der Waals surface area contributed by atoms with E-state index in [4.69, 9.17) is 4.74 Å². The third-order valence-corrected chi connectivity index (χ3v) is 4.73. The van der Waals surface area contributed by atoms with Crippen LogP contribution in [0.4, 0.5) is 0 Å². The monoisotopic (exact) mass is 298 g/mol. The minimum atomic E-state index is 0.00658. The summed E-state index contributed by atoms with van der Waals surface area (Å²) < 4.78 is 5.83. The Kier molecular flexibility index (Phi) is 7.14. The molecule has 1 aliphatic rings. The van der Waals surface area contributed by atoms with Gasteiger partial charge >= 0.3 is 0 Å². The van der Waals surface area contributed by atoms with Crippen molar-refractivity contribution in [2.24, 2.45) is 11.3 Å². The summed E-state index contributed by atoms with van der Waals surface area (Å²) in [5.41, 5.74) is 0.0390. The SMILES string of the molecule is C[C@@H]1CCCC[C@H]1OCC(=O)N[C@@H](C)C(C)(C)CN(C)C. The maximum absolute atomic E-state index is 12.1. The molecule has 3 atom stereocenters. The molecule has 0 radical (unpaired) electrons. The van der Waals surface area contributed by atoms with Gasteiger partial charge in [-0.25, -0.2) is 0 Å². The molecule has 0 saturated heterocycles. The van der Waals surface area contributed by atoms with Crippen LogP contribution in [0.25, 0.3) is 0 Å². The summed E-state index contributed by atoms with van der Waals surface area (Å²) >= 11 is 0. The van der Waals surface area contributed by atoms with Crippen molar-refractivity contribution in [3.8, 4) is 0 Å². The molecular formula is C17H34N2O2. The van der Waals surface area contributed by atoms with E-state index in [2.05, 4.69) is 52.0 Å². The lowest BCUT2D eigenvalue weighted by atomic mass is 9.85. The lowest BCUT2D eigenvalue weighted by molar-refractivity contribution is -0.131. The topological polar surface area (TPSA) is 41.6 Å². The zero-order valence-corrected chi connectivity index (χ0v) is 14.7. The van der Waals surface area contributed by atoms with Gasteiger partial charge in [0.1, 0.15) is 6.61 Å². The molecule has 1 saturated carbocycles. The molecule has 0 unspecified atom stereocenters. The molecule has 0 bridgehead atoms. The van der Waals surface area contributed by atoms with E-state index in [0.717, 1.165) is 13.0 Å². The summed E-state index contributed by atoms with van der Waals surface area (Å²) in [7, 11) is 4.12. The fourth-order valence-electron chi connectivity index (χ4n) is 3.14. The normalized spacial score (nSPS) is 24.9. The zero-order chi connectivity index (χ0) is 16.0. The van der Waals surface area contributed by atoms with Crippen molar-refractivity contribution in [2.75, 3.05) is 27.2 Å². The average molecular weight is 298 g/mol. The van der Waals surface area contributed by atoms with Crippen molar-refractivity contribution in [3.63, 3.8) is 0 Å². The van der Waals surface area contributed by atoms with Crippen LogP contribution in [0.3, 0.4) is 0 Å². The highest BCUT2D eigenvalue weighted by Crippen LogP contribution is 2.26. The maximum atomic E-state index is 12.1. The number of amides is 1. The van der Waals surface area contributed by atoms with E-state index in [1.165, 1.54) is 19.3 Å². The molecule has 1 rings (SSSR count). The second-order valence-electron chi connectivity index (χ2n) is 7.63. The number of carbonyl (C=O) groups is 1. The largest absolute Gasteiger partial charge is 0.368 e. The zero-order valence-electron chi connectivity index (χ0n) is 14.7. The number of hydrogen-bond acceptors (Lipinski definition) is 3. The van der Waals surface area contributed by atoms with Gasteiger partial charge in [-0.2, -0.15) is 0 Å². The highest BCUT2D eigenvalue weighted by Gasteiger charge is 2.28. The van der Waals surface area contributed by atoms with Crippen LogP contribution >= 0.6 is 0 Å². The lowest BCUT2D eigenvalue weighted by Crippen LogP contribution is -2.48. The molecule has 21 heavy (non-hydrogen) atoms. The third-order valence-electron chi connectivity index (χ3n) is 4.73. The summed E-state index contributed by atoms with van der Waals surface area (Å²) in [5.74, 6) is 0.585. The third kappa shape index (κ3) is 6.35. The molecule has 0 spiro atoms. The Morgan fingerprint density at radius 3 is 2.52 bits per heavy atom. The predicted octanol–water partition coefficient (Wildman–Crippen LogP) is 2.67. The van der Waals surface area contributed by atoms with E-state index < -0.39 is 0 Å². The van der Waals surface area contributed by atoms with E-state index in [0.29, 0.717) is 5.92 Å². The minimum absolute atomic E-state index is 0.00658. The van der Waals surface area contributed by atoms with E-state index in [1.807, 2.05) is 0 Å². The van der Waals surface area contributed by atoms with Gasteiger partial charge in [0.2, 0.25) is 5.91 Å². The first kappa shape index (κ1) is 18.4. The van der Waals surface area contributed by atoms with Gasteiger partial charge in [-0.05, 0) is 45.2 Å². The van der Waals surface area contributed by atoms with Crippen molar-refractivity contribution in [3.05, 3.63) is 0 Å². The van der Waals surface area contributed by atoms with Gasteiger partial charge in [0.25, 0.3) is 0 Å². The summed E-state index contributed by atoms with van der Waals surface area (Å²) in [6.45, 7) is 9.80. The molecule has 1 fully saturated rings. The smallest absolute Gasteiger partial charge is 0.246 e. The molecule has 1 N–H and O–H groups in total. The first-order chi connectivity index (χ1) is 9.72. The molecule has 0 aromatic carbocycles. The molecule has 1 amide bonds. The van der Waals surface area contributed by atoms with Crippen molar-refractivity contribution >= 4 is 5.91 Å². The minimum Gasteiger partial charge on any atom is -0.368 e. The van der Waals surface area contributed by atoms with Crippen LogP contribution in [-0.4, -0.2) is 50.2 Å². The fraction of sp³-hybridized carbons (Fsp3) is 0.941. The number of ether oxygens (including phenoxy) is 1. The summed E-state index contributed by atoms with van der Waals surface area (Å²) in [6.07, 6.45) is 5.09. The van der Waals surface area contributed by atoms with Crippen molar-refractivity contribution in [1.82, 2.24) is 10.2 Å². The Hall–Kier alpha value is -0.610. The number of nitrogens with zero attached hydrogens (tertiary/aromatic N) is 1. The van der Waals surface area contributed by atoms with E-state index in [1.54, 1.807) is 0 Å². The Morgan fingerprint density at radius 1 is 1.33 bits per heavy atom. The second kappa shape index (κ2) is 8.14.